The monoisotopic (exact) mass is 219 g/mol. The Bertz CT molecular complexity index is 395. The van der Waals surface area contributed by atoms with Crippen LogP contribution in [0, 0.1) is 0 Å². The van der Waals surface area contributed by atoms with Gasteiger partial charge in [-0.1, -0.05) is 25.3 Å². The summed E-state index contributed by atoms with van der Waals surface area (Å²) >= 11 is 0. The Kier molecular flexibility index (Phi) is 3.13. The number of benzene rings is 1. The minimum absolute atomic E-state index is 0.275. The average Bonchev–Trinajstić information content (AvgIpc) is 2.30. The fourth-order valence-electron chi connectivity index (χ4n) is 2.49. The van der Waals surface area contributed by atoms with Crippen molar-refractivity contribution < 1.29 is 9.90 Å². The second-order valence-corrected chi connectivity index (χ2v) is 4.48. The van der Waals surface area contributed by atoms with Gasteiger partial charge in [-0.15, -0.1) is 0 Å². The number of anilines is 1. The van der Waals surface area contributed by atoms with E-state index in [0.29, 0.717) is 11.6 Å². The highest BCUT2D eigenvalue weighted by molar-refractivity contribution is 5.89. The second-order valence-electron chi connectivity index (χ2n) is 4.48. The van der Waals surface area contributed by atoms with Crippen molar-refractivity contribution in [2.75, 3.05) is 5.73 Å². The van der Waals surface area contributed by atoms with E-state index in [9.17, 15) is 4.79 Å². The predicted molar refractivity (Wildman–Crippen MR) is 63.6 cm³/mol. The smallest absolute Gasteiger partial charge is 0.335 e. The molecule has 3 heteroatoms. The third-order valence-corrected chi connectivity index (χ3v) is 3.38. The van der Waals surface area contributed by atoms with Crippen LogP contribution in [0.5, 0.6) is 0 Å². The van der Waals surface area contributed by atoms with Gasteiger partial charge in [-0.25, -0.2) is 4.79 Å². The molecule has 0 atom stereocenters. The van der Waals surface area contributed by atoms with Crippen LogP contribution in [0.3, 0.4) is 0 Å². The highest BCUT2D eigenvalue weighted by Gasteiger charge is 2.18. The SMILES string of the molecule is Nc1cc(C(=O)O)ccc1C1CCCCC1. The van der Waals surface area contributed by atoms with Crippen LogP contribution in [0.4, 0.5) is 5.69 Å². The van der Waals surface area contributed by atoms with Gasteiger partial charge in [-0.3, -0.25) is 0 Å². The summed E-state index contributed by atoms with van der Waals surface area (Å²) in [6.45, 7) is 0. The molecule has 1 aromatic carbocycles. The Balaban J connectivity index is 2.24. The summed E-state index contributed by atoms with van der Waals surface area (Å²) in [5.41, 5.74) is 7.96. The summed E-state index contributed by atoms with van der Waals surface area (Å²) in [7, 11) is 0. The molecular weight excluding hydrogens is 202 g/mol. The molecule has 0 spiro atoms. The fourth-order valence-corrected chi connectivity index (χ4v) is 2.49. The molecule has 1 aliphatic rings. The molecule has 1 saturated carbocycles. The first-order valence-corrected chi connectivity index (χ1v) is 5.81. The van der Waals surface area contributed by atoms with Crippen LogP contribution < -0.4 is 5.73 Å². The maximum atomic E-state index is 10.8. The molecule has 0 amide bonds. The molecule has 1 fully saturated rings. The molecule has 0 aliphatic heterocycles. The predicted octanol–water partition coefficient (Wildman–Crippen LogP) is 3.01. The van der Waals surface area contributed by atoms with Gasteiger partial charge in [0.1, 0.15) is 0 Å². The van der Waals surface area contributed by atoms with Crippen molar-refractivity contribution in [3.8, 4) is 0 Å². The van der Waals surface area contributed by atoms with Gasteiger partial charge in [0.15, 0.2) is 0 Å². The van der Waals surface area contributed by atoms with Crippen molar-refractivity contribution in [1.29, 1.82) is 0 Å². The number of nitrogens with two attached hydrogens (primary N) is 1. The Morgan fingerprint density at radius 2 is 1.94 bits per heavy atom. The van der Waals surface area contributed by atoms with Gasteiger partial charge in [0.05, 0.1) is 5.56 Å². The van der Waals surface area contributed by atoms with Gasteiger partial charge in [0.2, 0.25) is 0 Å². The van der Waals surface area contributed by atoms with E-state index < -0.39 is 5.97 Å². The Morgan fingerprint density at radius 1 is 1.25 bits per heavy atom. The summed E-state index contributed by atoms with van der Waals surface area (Å²) in [4.78, 5) is 10.8. The standard InChI is InChI=1S/C13H17NO2/c14-12-8-10(13(15)16)6-7-11(12)9-4-2-1-3-5-9/h6-9H,1-5,14H2,(H,15,16). The number of nitrogen functional groups attached to an aromatic ring is 1. The van der Waals surface area contributed by atoms with Crippen molar-refractivity contribution in [3.05, 3.63) is 29.3 Å². The Hall–Kier alpha value is -1.51. The molecule has 0 heterocycles. The molecule has 3 N–H and O–H groups in total. The Morgan fingerprint density at radius 3 is 2.50 bits per heavy atom. The maximum absolute atomic E-state index is 10.8. The zero-order valence-electron chi connectivity index (χ0n) is 9.28. The van der Waals surface area contributed by atoms with Crippen LogP contribution in [-0.4, -0.2) is 11.1 Å². The number of carboxylic acids is 1. The van der Waals surface area contributed by atoms with Crippen LogP contribution in [0.15, 0.2) is 18.2 Å². The van der Waals surface area contributed by atoms with Crippen LogP contribution in [0.1, 0.15) is 53.9 Å². The molecule has 0 bridgehead atoms. The quantitative estimate of drug-likeness (QED) is 0.751. The molecule has 86 valence electrons. The van der Waals surface area contributed by atoms with Crippen molar-refractivity contribution in [1.82, 2.24) is 0 Å². The Labute approximate surface area is 95.3 Å². The lowest BCUT2D eigenvalue weighted by Gasteiger charge is -2.23. The van der Waals surface area contributed by atoms with Crippen LogP contribution in [-0.2, 0) is 0 Å². The fraction of sp³-hybridized carbons (Fsp3) is 0.462. The van der Waals surface area contributed by atoms with Gasteiger partial charge in [-0.05, 0) is 36.5 Å². The normalized spacial score (nSPS) is 17.2. The summed E-state index contributed by atoms with van der Waals surface area (Å²) < 4.78 is 0. The highest BCUT2D eigenvalue weighted by atomic mass is 16.4. The minimum atomic E-state index is -0.915. The van der Waals surface area contributed by atoms with Gasteiger partial charge < -0.3 is 10.8 Å². The minimum Gasteiger partial charge on any atom is -0.478 e. The van der Waals surface area contributed by atoms with Gasteiger partial charge in [0, 0.05) is 5.69 Å². The molecule has 0 radical (unpaired) electrons. The van der Waals surface area contributed by atoms with E-state index in [2.05, 4.69) is 0 Å². The van der Waals surface area contributed by atoms with Crippen LogP contribution in [0.2, 0.25) is 0 Å². The highest BCUT2D eigenvalue weighted by Crippen LogP contribution is 2.35. The number of hydrogen-bond acceptors (Lipinski definition) is 2. The molecular formula is C13H17NO2. The van der Waals surface area contributed by atoms with Gasteiger partial charge in [0.25, 0.3) is 0 Å². The third kappa shape index (κ3) is 2.18. The molecule has 0 unspecified atom stereocenters. The second kappa shape index (κ2) is 4.56. The van der Waals surface area contributed by atoms with E-state index in [0.717, 1.165) is 5.56 Å². The lowest BCUT2D eigenvalue weighted by atomic mass is 9.83. The topological polar surface area (TPSA) is 63.3 Å². The van der Waals surface area contributed by atoms with Crippen molar-refractivity contribution in [2.24, 2.45) is 0 Å². The lowest BCUT2D eigenvalue weighted by Crippen LogP contribution is -2.08. The number of carboxylic acid groups (broad SMARTS) is 1. The molecule has 16 heavy (non-hydrogen) atoms. The summed E-state index contributed by atoms with van der Waals surface area (Å²) in [6, 6.07) is 5.11. The maximum Gasteiger partial charge on any atom is 0.335 e. The zero-order chi connectivity index (χ0) is 11.5. The van der Waals surface area contributed by atoms with E-state index in [-0.39, 0.29) is 5.56 Å². The van der Waals surface area contributed by atoms with Crippen LogP contribution >= 0.6 is 0 Å². The number of rotatable bonds is 2. The summed E-state index contributed by atoms with van der Waals surface area (Å²) in [5, 5.41) is 8.85. The molecule has 0 saturated heterocycles. The first-order chi connectivity index (χ1) is 7.68. The summed E-state index contributed by atoms with van der Waals surface area (Å²) in [5.74, 6) is -0.390. The van der Waals surface area contributed by atoms with Crippen molar-refractivity contribution in [2.45, 2.75) is 38.0 Å². The molecule has 1 aromatic rings. The largest absolute Gasteiger partial charge is 0.478 e. The van der Waals surface area contributed by atoms with Gasteiger partial charge >= 0.3 is 5.97 Å². The van der Waals surface area contributed by atoms with Crippen molar-refractivity contribution >= 4 is 11.7 Å². The lowest BCUT2D eigenvalue weighted by molar-refractivity contribution is 0.0697. The van der Waals surface area contributed by atoms with Crippen molar-refractivity contribution in [3.63, 3.8) is 0 Å². The molecule has 3 nitrogen and oxygen atoms in total. The number of carbonyl (C=O) groups is 1. The van der Waals surface area contributed by atoms with E-state index in [1.807, 2.05) is 6.07 Å². The summed E-state index contributed by atoms with van der Waals surface area (Å²) in [6.07, 6.45) is 6.17. The third-order valence-electron chi connectivity index (χ3n) is 3.38. The van der Waals surface area contributed by atoms with Gasteiger partial charge in [-0.2, -0.15) is 0 Å². The van der Waals surface area contributed by atoms with E-state index in [1.54, 1.807) is 12.1 Å². The zero-order valence-corrected chi connectivity index (χ0v) is 9.28. The van der Waals surface area contributed by atoms with E-state index in [4.69, 9.17) is 10.8 Å². The number of aromatic carboxylic acids is 1. The first kappa shape index (κ1) is 11.0. The average molecular weight is 219 g/mol. The molecule has 1 aliphatic carbocycles. The van der Waals surface area contributed by atoms with Crippen LogP contribution in [0.25, 0.3) is 0 Å². The molecule has 0 aromatic heterocycles. The first-order valence-electron chi connectivity index (χ1n) is 5.81. The molecule has 2 rings (SSSR count). The van der Waals surface area contributed by atoms with E-state index in [1.165, 1.54) is 32.1 Å². The number of hydrogen-bond donors (Lipinski definition) is 2. The van der Waals surface area contributed by atoms with E-state index >= 15 is 0 Å².